The van der Waals surface area contributed by atoms with E-state index in [9.17, 15) is 22.8 Å². The number of hydrogen-bond acceptors (Lipinski definition) is 4. The van der Waals surface area contributed by atoms with E-state index in [0.29, 0.717) is 12.3 Å². The van der Waals surface area contributed by atoms with Crippen LogP contribution in [0.2, 0.25) is 20.1 Å². The lowest BCUT2D eigenvalue weighted by Crippen LogP contribution is -2.34. The molecule has 0 radical (unpaired) electrons. The van der Waals surface area contributed by atoms with E-state index in [1.807, 2.05) is 0 Å². The van der Waals surface area contributed by atoms with Crippen molar-refractivity contribution in [3.05, 3.63) is 79.9 Å². The van der Waals surface area contributed by atoms with Gasteiger partial charge in [-0.05, 0) is 30.3 Å². The van der Waals surface area contributed by atoms with E-state index < -0.39 is 28.7 Å². The van der Waals surface area contributed by atoms with Gasteiger partial charge >= 0.3 is 12.2 Å². The van der Waals surface area contributed by atoms with Gasteiger partial charge in [-0.2, -0.15) is 13.2 Å². The molecule has 6 nitrogen and oxygen atoms in total. The van der Waals surface area contributed by atoms with E-state index in [-0.39, 0.29) is 37.9 Å². The summed E-state index contributed by atoms with van der Waals surface area (Å²) in [7, 11) is 0. The van der Waals surface area contributed by atoms with E-state index in [4.69, 9.17) is 51.1 Å². The summed E-state index contributed by atoms with van der Waals surface area (Å²) >= 11 is 24.0. The first-order valence-corrected chi connectivity index (χ1v) is 10.2. The van der Waals surface area contributed by atoms with Crippen molar-refractivity contribution in [3.63, 3.8) is 0 Å². The van der Waals surface area contributed by atoms with Gasteiger partial charge in [0.15, 0.2) is 5.75 Å². The number of carbonyl (C=O) groups excluding carboxylic acids is 2. The molecule has 0 aliphatic carbocycles. The van der Waals surface area contributed by atoms with Gasteiger partial charge in [0.25, 0.3) is 5.91 Å². The van der Waals surface area contributed by atoms with Crippen molar-refractivity contribution in [1.29, 1.82) is 0 Å². The molecular weight excluding hydrogens is 529 g/mol. The number of urea groups is 1. The molecule has 1 aromatic heterocycles. The number of halogens is 7. The number of nitrogens with zero attached hydrogens (tertiary/aromatic N) is 1. The number of amides is 3. The fourth-order valence-electron chi connectivity index (χ4n) is 2.46. The molecule has 0 saturated carbocycles. The molecule has 3 aromatic rings. The van der Waals surface area contributed by atoms with Gasteiger partial charge in [-0.25, -0.2) is 9.78 Å². The maximum atomic E-state index is 12.7. The molecule has 3 amide bonds. The van der Waals surface area contributed by atoms with E-state index in [1.165, 1.54) is 24.3 Å². The first kappa shape index (κ1) is 24.9. The second-order valence-corrected chi connectivity index (χ2v) is 7.90. The van der Waals surface area contributed by atoms with Crippen LogP contribution in [0.3, 0.4) is 0 Å². The number of aromatic nitrogens is 1. The van der Waals surface area contributed by atoms with Crippen LogP contribution in [-0.2, 0) is 6.18 Å². The second kappa shape index (κ2) is 10.0. The zero-order valence-corrected chi connectivity index (χ0v) is 19.0. The van der Waals surface area contributed by atoms with Crippen molar-refractivity contribution in [1.82, 2.24) is 10.3 Å². The largest absolute Gasteiger partial charge is 0.434 e. The first-order valence-electron chi connectivity index (χ1n) is 8.72. The standard InChI is InChI=1S/C20H10Cl4F3N3O3/c21-12-4-2-1-3-11(12)17(31)30-19(32)29-10-6-13(22)16(14(23)7-10)33-18-15(24)5-9(8-28-18)20(25,26)27/h1-8H,(H2,29,30,31,32). The zero-order valence-electron chi connectivity index (χ0n) is 15.9. The van der Waals surface area contributed by atoms with E-state index in [0.717, 1.165) is 0 Å². The summed E-state index contributed by atoms with van der Waals surface area (Å²) in [6.45, 7) is 0. The normalized spacial score (nSPS) is 11.1. The second-order valence-electron chi connectivity index (χ2n) is 6.27. The highest BCUT2D eigenvalue weighted by Gasteiger charge is 2.32. The number of anilines is 1. The van der Waals surface area contributed by atoms with Crippen LogP contribution >= 0.6 is 46.4 Å². The molecule has 0 saturated heterocycles. The Morgan fingerprint density at radius 2 is 1.55 bits per heavy atom. The lowest BCUT2D eigenvalue weighted by Gasteiger charge is -2.14. The fraction of sp³-hybridized carbons (Fsp3) is 0.0500. The van der Waals surface area contributed by atoms with Gasteiger partial charge < -0.3 is 10.1 Å². The van der Waals surface area contributed by atoms with Crippen molar-refractivity contribution in [2.45, 2.75) is 6.18 Å². The maximum absolute atomic E-state index is 12.7. The third-order valence-corrected chi connectivity index (χ3v) is 5.10. The first-order chi connectivity index (χ1) is 15.5. The molecule has 0 unspecified atom stereocenters. The van der Waals surface area contributed by atoms with Crippen molar-refractivity contribution in [3.8, 4) is 11.6 Å². The number of nitrogens with one attached hydrogen (secondary N) is 2. The molecule has 0 aliphatic heterocycles. The smallest absolute Gasteiger partial charge is 0.417 e. The summed E-state index contributed by atoms with van der Waals surface area (Å²) in [5.74, 6) is -1.26. The summed E-state index contributed by atoms with van der Waals surface area (Å²) in [6, 6.07) is 8.35. The average molecular weight is 539 g/mol. The Morgan fingerprint density at radius 1 is 0.909 bits per heavy atom. The Labute approximate surface area is 204 Å². The summed E-state index contributed by atoms with van der Waals surface area (Å²) in [4.78, 5) is 27.8. The number of ether oxygens (including phenoxy) is 1. The number of benzene rings is 2. The summed E-state index contributed by atoms with van der Waals surface area (Å²) < 4.78 is 43.6. The van der Waals surface area contributed by atoms with Crippen LogP contribution < -0.4 is 15.4 Å². The van der Waals surface area contributed by atoms with Crippen LogP contribution in [0.4, 0.5) is 23.7 Å². The van der Waals surface area contributed by atoms with Crippen molar-refractivity contribution < 1.29 is 27.5 Å². The van der Waals surface area contributed by atoms with Crippen molar-refractivity contribution in [2.24, 2.45) is 0 Å². The molecule has 0 aliphatic rings. The molecule has 0 fully saturated rings. The summed E-state index contributed by atoms with van der Waals surface area (Å²) in [6.07, 6.45) is -4.09. The van der Waals surface area contributed by atoms with Crippen LogP contribution in [0.15, 0.2) is 48.7 Å². The SMILES string of the molecule is O=C(NC(=O)c1ccccc1Cl)Nc1cc(Cl)c(Oc2ncc(C(F)(F)F)cc2Cl)c(Cl)c1. The van der Waals surface area contributed by atoms with Crippen LogP contribution in [0.25, 0.3) is 0 Å². The van der Waals surface area contributed by atoms with Gasteiger partial charge in [-0.3, -0.25) is 10.1 Å². The number of carbonyl (C=O) groups is 2. The monoisotopic (exact) mass is 537 g/mol. The molecule has 0 bridgehead atoms. The predicted molar refractivity (Wildman–Crippen MR) is 119 cm³/mol. The Hall–Kier alpha value is -2.72. The molecule has 2 N–H and O–H groups in total. The third-order valence-electron chi connectivity index (χ3n) is 3.94. The molecule has 0 spiro atoms. The van der Waals surface area contributed by atoms with Crippen LogP contribution in [0.5, 0.6) is 11.6 Å². The third kappa shape index (κ3) is 6.20. The molecule has 13 heteroatoms. The summed E-state index contributed by atoms with van der Waals surface area (Å²) in [5.41, 5.74) is -0.878. The number of alkyl halides is 3. The van der Waals surface area contributed by atoms with E-state index >= 15 is 0 Å². The lowest BCUT2D eigenvalue weighted by molar-refractivity contribution is -0.137. The molecule has 33 heavy (non-hydrogen) atoms. The molecule has 0 atom stereocenters. The van der Waals surface area contributed by atoms with Crippen LogP contribution in [-0.4, -0.2) is 16.9 Å². The van der Waals surface area contributed by atoms with Crippen molar-refractivity contribution >= 4 is 64.0 Å². The number of pyridine rings is 1. The van der Waals surface area contributed by atoms with Gasteiger partial charge in [0.05, 0.1) is 26.2 Å². The molecule has 1 heterocycles. The Balaban J connectivity index is 1.73. The van der Waals surface area contributed by atoms with E-state index in [1.54, 1.807) is 12.1 Å². The minimum absolute atomic E-state index is 0.0910. The van der Waals surface area contributed by atoms with Gasteiger partial charge in [0, 0.05) is 11.9 Å². The number of hydrogen-bond donors (Lipinski definition) is 2. The maximum Gasteiger partial charge on any atom is 0.417 e. The highest BCUT2D eigenvalue weighted by molar-refractivity contribution is 6.38. The summed E-state index contributed by atoms with van der Waals surface area (Å²) in [5, 5.41) is 3.96. The Bertz CT molecular complexity index is 1220. The van der Waals surface area contributed by atoms with Crippen LogP contribution in [0, 0.1) is 0 Å². The fourth-order valence-corrected chi connectivity index (χ4v) is 3.45. The van der Waals surface area contributed by atoms with Crippen molar-refractivity contribution in [2.75, 3.05) is 5.32 Å². The van der Waals surface area contributed by atoms with Crippen LogP contribution in [0.1, 0.15) is 15.9 Å². The highest BCUT2D eigenvalue weighted by Crippen LogP contribution is 2.41. The Morgan fingerprint density at radius 3 is 2.12 bits per heavy atom. The average Bonchev–Trinajstić information content (AvgIpc) is 2.71. The van der Waals surface area contributed by atoms with Gasteiger partial charge in [0.1, 0.15) is 5.02 Å². The number of rotatable bonds is 4. The lowest BCUT2D eigenvalue weighted by atomic mass is 10.2. The van der Waals surface area contributed by atoms with Gasteiger partial charge in [-0.1, -0.05) is 58.5 Å². The quantitative estimate of drug-likeness (QED) is 0.361. The van der Waals surface area contributed by atoms with Gasteiger partial charge in [-0.15, -0.1) is 0 Å². The molecule has 172 valence electrons. The topological polar surface area (TPSA) is 80.3 Å². The van der Waals surface area contributed by atoms with E-state index in [2.05, 4.69) is 15.6 Å². The molecule has 3 rings (SSSR count). The number of imide groups is 1. The highest BCUT2D eigenvalue weighted by atomic mass is 35.5. The minimum atomic E-state index is -4.63. The molecule has 2 aromatic carbocycles. The van der Waals surface area contributed by atoms with Gasteiger partial charge in [0.2, 0.25) is 5.88 Å². The minimum Gasteiger partial charge on any atom is -0.434 e. The Kier molecular flexibility index (Phi) is 7.58. The zero-order chi connectivity index (χ0) is 24.3. The molecular formula is C20H10Cl4F3N3O3. The predicted octanol–water partition coefficient (Wildman–Crippen LogP) is 7.47.